The number of aromatic carboxylic acids is 1. The quantitative estimate of drug-likeness (QED) is 0.732. The number of anilines is 1. The molecule has 0 aliphatic carbocycles. The normalized spacial score (nSPS) is 11.5. The lowest BCUT2D eigenvalue weighted by Gasteiger charge is -2.11. The lowest BCUT2D eigenvalue weighted by molar-refractivity contribution is -0.113. The van der Waals surface area contributed by atoms with Crippen LogP contribution in [-0.4, -0.2) is 41.2 Å². The van der Waals surface area contributed by atoms with E-state index >= 15 is 0 Å². The average Bonchev–Trinajstić information content (AvgIpc) is 2.61. The van der Waals surface area contributed by atoms with Crippen LogP contribution in [0.25, 0.3) is 0 Å². The zero-order valence-electron chi connectivity index (χ0n) is 14.4. The molecule has 0 aromatic heterocycles. The minimum absolute atomic E-state index is 0.155. The Labute approximate surface area is 153 Å². The number of benzene rings is 2. The van der Waals surface area contributed by atoms with Crippen molar-refractivity contribution in [3.63, 3.8) is 0 Å². The maximum atomic E-state index is 12.2. The van der Waals surface area contributed by atoms with E-state index in [1.807, 2.05) is 0 Å². The molecule has 0 bridgehead atoms. The molecule has 2 rings (SSSR count). The van der Waals surface area contributed by atoms with Gasteiger partial charge in [-0.05, 0) is 29.8 Å². The molecule has 7 nitrogen and oxygen atoms in total. The van der Waals surface area contributed by atoms with Crippen LogP contribution < -0.4 is 14.8 Å². The summed E-state index contributed by atoms with van der Waals surface area (Å²) in [6.07, 6.45) is 0. The van der Waals surface area contributed by atoms with Crippen LogP contribution in [0.2, 0.25) is 0 Å². The lowest BCUT2D eigenvalue weighted by atomic mass is 10.1. The fraction of sp³-hybridized carbons (Fsp3) is 0.222. The number of nitrogens with one attached hydrogen (secondary N) is 1. The Morgan fingerprint density at radius 2 is 1.77 bits per heavy atom. The first kappa shape index (κ1) is 19.5. The van der Waals surface area contributed by atoms with Crippen molar-refractivity contribution in [3.05, 3.63) is 53.6 Å². The van der Waals surface area contributed by atoms with Crippen LogP contribution in [-0.2, 0) is 21.3 Å². The van der Waals surface area contributed by atoms with E-state index < -0.39 is 22.7 Å². The molecular weight excluding hydrogens is 358 g/mol. The van der Waals surface area contributed by atoms with Crippen LogP contribution in [0, 0.1) is 0 Å². The molecule has 1 unspecified atom stereocenters. The summed E-state index contributed by atoms with van der Waals surface area (Å²) in [5, 5.41) is 11.5. The largest absolute Gasteiger partial charge is 0.497 e. The first-order chi connectivity index (χ1) is 12.4. The average molecular weight is 377 g/mol. The predicted octanol–water partition coefficient (Wildman–Crippen LogP) is 2.29. The minimum atomic E-state index is -1.44. The number of carbonyl (C=O) groups excluding carboxylic acids is 1. The van der Waals surface area contributed by atoms with Crippen molar-refractivity contribution >= 4 is 28.4 Å². The molecule has 0 fully saturated rings. The van der Waals surface area contributed by atoms with Gasteiger partial charge in [0.1, 0.15) is 17.3 Å². The van der Waals surface area contributed by atoms with E-state index in [1.54, 1.807) is 30.3 Å². The Morgan fingerprint density at radius 1 is 1.08 bits per heavy atom. The molecule has 2 N–H and O–H groups in total. The van der Waals surface area contributed by atoms with Gasteiger partial charge in [-0.3, -0.25) is 9.00 Å². The Balaban J connectivity index is 1.97. The van der Waals surface area contributed by atoms with Gasteiger partial charge in [0.2, 0.25) is 5.91 Å². The molecule has 1 atom stereocenters. The van der Waals surface area contributed by atoms with Gasteiger partial charge < -0.3 is 19.9 Å². The number of carbonyl (C=O) groups is 2. The third kappa shape index (κ3) is 5.32. The summed E-state index contributed by atoms with van der Waals surface area (Å²) in [5.41, 5.74) is 1.28. The summed E-state index contributed by atoms with van der Waals surface area (Å²) < 4.78 is 22.5. The molecule has 1 amide bonds. The summed E-state index contributed by atoms with van der Waals surface area (Å²) >= 11 is 0. The van der Waals surface area contributed by atoms with Gasteiger partial charge >= 0.3 is 5.97 Å². The Hall–Kier alpha value is -2.87. The van der Waals surface area contributed by atoms with Crippen LogP contribution in [0.3, 0.4) is 0 Å². The zero-order chi connectivity index (χ0) is 19.1. The summed E-state index contributed by atoms with van der Waals surface area (Å²) in [4.78, 5) is 23.0. The Morgan fingerprint density at radius 3 is 2.35 bits per heavy atom. The van der Waals surface area contributed by atoms with E-state index in [1.165, 1.54) is 26.4 Å². The third-order valence-corrected chi connectivity index (χ3v) is 4.74. The van der Waals surface area contributed by atoms with Crippen LogP contribution in [0.5, 0.6) is 11.5 Å². The number of hydrogen-bond acceptors (Lipinski definition) is 5. The number of hydrogen-bond donors (Lipinski definition) is 2. The van der Waals surface area contributed by atoms with E-state index in [-0.39, 0.29) is 17.1 Å². The van der Waals surface area contributed by atoms with E-state index in [2.05, 4.69) is 5.32 Å². The molecule has 0 aliphatic heterocycles. The second-order valence-corrected chi connectivity index (χ2v) is 6.80. The molecule has 2 aromatic rings. The van der Waals surface area contributed by atoms with Gasteiger partial charge in [0.05, 0.1) is 25.5 Å². The molecule has 0 heterocycles. The minimum Gasteiger partial charge on any atom is -0.497 e. The van der Waals surface area contributed by atoms with Crippen molar-refractivity contribution in [2.75, 3.05) is 25.3 Å². The second kappa shape index (κ2) is 9.00. The summed E-state index contributed by atoms with van der Waals surface area (Å²) in [6.45, 7) is 0. The fourth-order valence-electron chi connectivity index (χ4n) is 2.22. The first-order valence-corrected chi connectivity index (χ1v) is 9.11. The van der Waals surface area contributed by atoms with Crippen molar-refractivity contribution < 1.29 is 28.4 Å². The Bertz CT molecular complexity index is 819. The highest BCUT2D eigenvalue weighted by Gasteiger charge is 2.13. The maximum Gasteiger partial charge on any atom is 0.335 e. The Kier molecular flexibility index (Phi) is 6.74. The number of ether oxygens (including phenoxy) is 2. The van der Waals surface area contributed by atoms with Gasteiger partial charge in [0.15, 0.2) is 0 Å². The molecule has 138 valence electrons. The molecule has 8 heteroatoms. The molecule has 0 spiro atoms. The topological polar surface area (TPSA) is 102 Å². The molecule has 0 radical (unpaired) electrons. The van der Waals surface area contributed by atoms with E-state index in [0.717, 1.165) is 0 Å². The second-order valence-electron chi connectivity index (χ2n) is 5.34. The van der Waals surface area contributed by atoms with Gasteiger partial charge in [-0.25, -0.2) is 4.79 Å². The predicted molar refractivity (Wildman–Crippen MR) is 98.3 cm³/mol. The van der Waals surface area contributed by atoms with Gasteiger partial charge in [0.25, 0.3) is 0 Å². The van der Waals surface area contributed by atoms with Crippen LogP contribution in [0.4, 0.5) is 5.69 Å². The van der Waals surface area contributed by atoms with Crippen LogP contribution >= 0.6 is 0 Å². The van der Waals surface area contributed by atoms with Crippen LogP contribution in [0.1, 0.15) is 15.9 Å². The van der Waals surface area contributed by atoms with E-state index in [9.17, 15) is 13.8 Å². The van der Waals surface area contributed by atoms with Crippen molar-refractivity contribution in [1.82, 2.24) is 0 Å². The summed E-state index contributed by atoms with van der Waals surface area (Å²) in [6, 6.07) is 11.0. The van der Waals surface area contributed by atoms with Crippen molar-refractivity contribution in [1.29, 1.82) is 0 Å². The van der Waals surface area contributed by atoms with Crippen molar-refractivity contribution in [2.45, 2.75) is 5.75 Å². The molecule has 0 saturated carbocycles. The highest BCUT2D eigenvalue weighted by Crippen LogP contribution is 2.28. The van der Waals surface area contributed by atoms with E-state index in [0.29, 0.717) is 22.7 Å². The fourth-order valence-corrected chi connectivity index (χ4v) is 3.26. The zero-order valence-corrected chi connectivity index (χ0v) is 15.2. The first-order valence-electron chi connectivity index (χ1n) is 7.62. The third-order valence-electron chi connectivity index (χ3n) is 3.50. The van der Waals surface area contributed by atoms with Crippen molar-refractivity contribution in [3.8, 4) is 11.5 Å². The van der Waals surface area contributed by atoms with Crippen molar-refractivity contribution in [2.24, 2.45) is 0 Å². The summed E-state index contributed by atoms with van der Waals surface area (Å²) in [5.74, 6) is -0.458. The number of amides is 1. The highest BCUT2D eigenvalue weighted by atomic mass is 32.2. The molecule has 0 saturated heterocycles. The monoisotopic (exact) mass is 377 g/mol. The highest BCUT2D eigenvalue weighted by molar-refractivity contribution is 7.84. The molecular formula is C18H19NO6S. The number of carboxylic acids is 1. The van der Waals surface area contributed by atoms with Gasteiger partial charge in [-0.2, -0.15) is 0 Å². The van der Waals surface area contributed by atoms with Gasteiger partial charge in [-0.1, -0.05) is 12.1 Å². The van der Waals surface area contributed by atoms with E-state index in [4.69, 9.17) is 14.6 Å². The lowest BCUT2D eigenvalue weighted by Crippen LogP contribution is -2.20. The van der Waals surface area contributed by atoms with Crippen LogP contribution in [0.15, 0.2) is 42.5 Å². The summed E-state index contributed by atoms with van der Waals surface area (Å²) in [7, 11) is 1.56. The molecule has 26 heavy (non-hydrogen) atoms. The molecule has 2 aromatic carbocycles. The molecule has 0 aliphatic rings. The number of methoxy groups -OCH3 is 2. The van der Waals surface area contributed by atoms with Gasteiger partial charge in [-0.15, -0.1) is 0 Å². The van der Waals surface area contributed by atoms with Gasteiger partial charge in [0, 0.05) is 22.6 Å². The SMILES string of the molecule is COc1ccc(OC)c(NC(=O)CS(=O)Cc2ccc(C(=O)O)cc2)c1. The standard InChI is InChI=1S/C18H19NO6S/c1-24-14-7-8-16(25-2)15(9-14)19-17(20)11-26(23)10-12-3-5-13(6-4-12)18(21)22/h3-9H,10-11H2,1-2H3,(H,19,20)(H,21,22). The maximum absolute atomic E-state index is 12.2. The number of carboxylic acid groups (broad SMARTS) is 1. The smallest absolute Gasteiger partial charge is 0.335 e. The number of rotatable bonds is 8.